The second kappa shape index (κ2) is 7.70. The van der Waals surface area contributed by atoms with Crippen LogP contribution in [0, 0.1) is 10.1 Å². The van der Waals surface area contributed by atoms with Gasteiger partial charge >= 0.3 is 5.97 Å². The van der Waals surface area contributed by atoms with E-state index in [0.29, 0.717) is 11.1 Å². The minimum Gasteiger partial charge on any atom is -0.507 e. The molecule has 0 radical (unpaired) electrons. The zero-order valence-electron chi connectivity index (χ0n) is 14.6. The van der Waals surface area contributed by atoms with E-state index in [1.807, 2.05) is 30.3 Å². The van der Waals surface area contributed by atoms with Gasteiger partial charge in [0.1, 0.15) is 11.3 Å². The Labute approximate surface area is 155 Å². The van der Waals surface area contributed by atoms with E-state index in [-0.39, 0.29) is 23.6 Å². The number of hydrogen-bond donors (Lipinski definition) is 1. The van der Waals surface area contributed by atoms with Gasteiger partial charge in [0.15, 0.2) is 0 Å². The molecule has 136 valence electrons. The molecule has 0 spiro atoms. The number of nitrogens with zero attached hydrogens (tertiary/aromatic N) is 1. The number of nitro groups is 1. The van der Waals surface area contributed by atoms with Crippen LogP contribution in [0.1, 0.15) is 17.3 Å². The molecule has 0 bridgehead atoms. The van der Waals surface area contributed by atoms with Crippen molar-refractivity contribution in [3.05, 3.63) is 82.4 Å². The summed E-state index contributed by atoms with van der Waals surface area (Å²) in [6.07, 6.45) is 0. The molecule has 6 nitrogen and oxygen atoms in total. The molecule has 0 heterocycles. The van der Waals surface area contributed by atoms with Gasteiger partial charge in [-0.25, -0.2) is 4.79 Å². The monoisotopic (exact) mass is 363 g/mol. The molecule has 0 aromatic heterocycles. The number of phenols is 1. The molecular formula is C21H17NO5. The Morgan fingerprint density at radius 1 is 1.00 bits per heavy atom. The van der Waals surface area contributed by atoms with Crippen molar-refractivity contribution in [3.63, 3.8) is 0 Å². The largest absolute Gasteiger partial charge is 0.507 e. The molecule has 0 aliphatic heterocycles. The van der Waals surface area contributed by atoms with Crippen LogP contribution in [0.15, 0.2) is 66.7 Å². The Morgan fingerprint density at radius 2 is 1.67 bits per heavy atom. The SMILES string of the molecule is CCOC(=O)c1c(O)cc(-c2ccccc2)cc1-c1ccc([N+](=O)[O-])cc1. The van der Waals surface area contributed by atoms with Gasteiger partial charge in [0.2, 0.25) is 0 Å². The minimum atomic E-state index is -0.650. The number of hydrogen-bond acceptors (Lipinski definition) is 5. The molecule has 0 amide bonds. The number of esters is 1. The van der Waals surface area contributed by atoms with Crippen LogP contribution in [0.2, 0.25) is 0 Å². The predicted octanol–water partition coefficient (Wildman–Crippen LogP) is 4.81. The van der Waals surface area contributed by atoms with Crippen LogP contribution in [0.5, 0.6) is 5.75 Å². The number of ether oxygens (including phenoxy) is 1. The molecule has 0 unspecified atom stereocenters. The van der Waals surface area contributed by atoms with E-state index >= 15 is 0 Å². The quantitative estimate of drug-likeness (QED) is 0.399. The van der Waals surface area contributed by atoms with Gasteiger partial charge in [-0.3, -0.25) is 10.1 Å². The molecule has 3 rings (SSSR count). The zero-order valence-corrected chi connectivity index (χ0v) is 14.6. The van der Waals surface area contributed by atoms with Crippen molar-refractivity contribution in [3.8, 4) is 28.0 Å². The van der Waals surface area contributed by atoms with Crippen LogP contribution in [-0.4, -0.2) is 22.6 Å². The van der Waals surface area contributed by atoms with E-state index in [9.17, 15) is 20.0 Å². The van der Waals surface area contributed by atoms with Crippen LogP contribution < -0.4 is 0 Å². The second-order valence-corrected chi connectivity index (χ2v) is 5.81. The third kappa shape index (κ3) is 3.79. The van der Waals surface area contributed by atoms with E-state index in [1.165, 1.54) is 18.2 Å². The summed E-state index contributed by atoms with van der Waals surface area (Å²) in [7, 11) is 0. The number of rotatable bonds is 5. The van der Waals surface area contributed by atoms with Crippen LogP contribution in [0.4, 0.5) is 5.69 Å². The molecule has 0 aliphatic rings. The molecule has 27 heavy (non-hydrogen) atoms. The maximum absolute atomic E-state index is 12.4. The average molecular weight is 363 g/mol. The number of nitro benzene ring substituents is 1. The van der Waals surface area contributed by atoms with Crippen molar-refractivity contribution in [2.45, 2.75) is 6.92 Å². The highest BCUT2D eigenvalue weighted by Crippen LogP contribution is 2.36. The summed E-state index contributed by atoms with van der Waals surface area (Å²) < 4.78 is 5.07. The van der Waals surface area contributed by atoms with Gasteiger partial charge in [0.05, 0.1) is 11.5 Å². The molecule has 0 saturated heterocycles. The van der Waals surface area contributed by atoms with Crippen LogP contribution >= 0.6 is 0 Å². The highest BCUT2D eigenvalue weighted by Gasteiger charge is 2.21. The first kappa shape index (κ1) is 18.1. The maximum Gasteiger partial charge on any atom is 0.342 e. The number of carbonyl (C=O) groups excluding carboxylic acids is 1. The molecule has 6 heteroatoms. The number of aromatic hydroxyl groups is 1. The lowest BCUT2D eigenvalue weighted by molar-refractivity contribution is -0.384. The van der Waals surface area contributed by atoms with E-state index in [1.54, 1.807) is 25.1 Å². The van der Waals surface area contributed by atoms with Crippen molar-refractivity contribution in [1.82, 2.24) is 0 Å². The summed E-state index contributed by atoms with van der Waals surface area (Å²) in [5.41, 5.74) is 2.57. The van der Waals surface area contributed by atoms with E-state index in [4.69, 9.17) is 4.74 Å². The lowest BCUT2D eigenvalue weighted by atomic mass is 9.93. The minimum absolute atomic E-state index is 0.0328. The number of phenolic OH excluding ortho intramolecular Hbond substituents is 1. The van der Waals surface area contributed by atoms with Gasteiger partial charge in [0.25, 0.3) is 5.69 Å². The summed E-state index contributed by atoms with van der Waals surface area (Å²) in [4.78, 5) is 22.8. The number of benzene rings is 3. The third-order valence-electron chi connectivity index (χ3n) is 4.09. The van der Waals surface area contributed by atoms with Crippen molar-refractivity contribution in [2.24, 2.45) is 0 Å². The second-order valence-electron chi connectivity index (χ2n) is 5.81. The van der Waals surface area contributed by atoms with Gasteiger partial charge in [-0.15, -0.1) is 0 Å². The smallest absolute Gasteiger partial charge is 0.342 e. The van der Waals surface area contributed by atoms with Crippen LogP contribution in [0.3, 0.4) is 0 Å². The Hall–Kier alpha value is -3.67. The fraction of sp³-hybridized carbons (Fsp3) is 0.0952. The summed E-state index contributed by atoms with van der Waals surface area (Å²) in [6.45, 7) is 1.84. The van der Waals surface area contributed by atoms with Crippen molar-refractivity contribution >= 4 is 11.7 Å². The van der Waals surface area contributed by atoms with Crippen molar-refractivity contribution in [2.75, 3.05) is 6.61 Å². The molecule has 0 saturated carbocycles. The van der Waals surface area contributed by atoms with Gasteiger partial charge in [-0.2, -0.15) is 0 Å². The van der Waals surface area contributed by atoms with Gasteiger partial charge in [-0.05, 0) is 47.9 Å². The summed E-state index contributed by atoms with van der Waals surface area (Å²) >= 11 is 0. The normalized spacial score (nSPS) is 10.4. The van der Waals surface area contributed by atoms with Crippen molar-refractivity contribution in [1.29, 1.82) is 0 Å². The summed E-state index contributed by atoms with van der Waals surface area (Å²) in [5.74, 6) is -0.855. The third-order valence-corrected chi connectivity index (χ3v) is 4.09. The zero-order chi connectivity index (χ0) is 19.4. The summed E-state index contributed by atoms with van der Waals surface area (Å²) in [6, 6.07) is 18.5. The molecule has 1 N–H and O–H groups in total. The molecule has 3 aromatic carbocycles. The fourth-order valence-electron chi connectivity index (χ4n) is 2.83. The first-order valence-corrected chi connectivity index (χ1v) is 8.35. The number of carbonyl (C=O) groups is 1. The molecule has 0 fully saturated rings. The van der Waals surface area contributed by atoms with Gasteiger partial charge in [-0.1, -0.05) is 30.3 Å². The van der Waals surface area contributed by atoms with E-state index in [2.05, 4.69) is 0 Å². The lowest BCUT2D eigenvalue weighted by Gasteiger charge is -2.14. The molecule has 0 atom stereocenters. The van der Waals surface area contributed by atoms with E-state index < -0.39 is 10.9 Å². The number of non-ortho nitro benzene ring substituents is 1. The van der Waals surface area contributed by atoms with Crippen molar-refractivity contribution < 1.29 is 19.6 Å². The van der Waals surface area contributed by atoms with Crippen LogP contribution in [-0.2, 0) is 4.74 Å². The average Bonchev–Trinajstić information content (AvgIpc) is 2.68. The summed E-state index contributed by atoms with van der Waals surface area (Å²) in [5, 5.41) is 21.4. The Morgan fingerprint density at radius 3 is 2.26 bits per heavy atom. The maximum atomic E-state index is 12.4. The molecular weight excluding hydrogens is 346 g/mol. The molecule has 3 aromatic rings. The highest BCUT2D eigenvalue weighted by molar-refractivity contribution is 6.01. The topological polar surface area (TPSA) is 89.7 Å². The van der Waals surface area contributed by atoms with Gasteiger partial charge in [0, 0.05) is 17.7 Å². The van der Waals surface area contributed by atoms with E-state index in [0.717, 1.165) is 11.1 Å². The fourth-order valence-corrected chi connectivity index (χ4v) is 2.83. The lowest BCUT2D eigenvalue weighted by Crippen LogP contribution is -2.07. The van der Waals surface area contributed by atoms with Gasteiger partial charge < -0.3 is 9.84 Å². The Balaban J connectivity index is 2.19. The standard InChI is InChI=1S/C21H17NO5/c1-2-27-21(24)20-18(15-8-10-17(11-9-15)22(25)26)12-16(13-19(20)23)14-6-4-3-5-7-14/h3-13,23H,2H2,1H3. The highest BCUT2D eigenvalue weighted by atomic mass is 16.6. The predicted molar refractivity (Wildman–Crippen MR) is 102 cm³/mol. The Kier molecular flexibility index (Phi) is 5.17. The molecule has 0 aliphatic carbocycles. The first-order chi connectivity index (χ1) is 13.0. The van der Waals surface area contributed by atoms with Crippen LogP contribution in [0.25, 0.3) is 22.3 Å². The Bertz CT molecular complexity index is 981. The first-order valence-electron chi connectivity index (χ1n) is 8.35.